The molecule has 3 aromatic heterocycles. The van der Waals surface area contributed by atoms with Crippen LogP contribution in [-0.2, 0) is 6.18 Å². The minimum atomic E-state index is -4.58. The molecule has 7 nitrogen and oxygen atoms in total. The minimum Gasteiger partial charge on any atom is -0.304 e. The van der Waals surface area contributed by atoms with Gasteiger partial charge in [-0.2, -0.15) is 13.2 Å². The molecule has 0 aliphatic heterocycles. The Hall–Kier alpha value is -4.47. The molecule has 1 amide bonds. The summed E-state index contributed by atoms with van der Waals surface area (Å²) in [5.74, 6) is -0.222. The number of para-hydroxylation sites is 1. The number of benzene rings is 2. The quantitative estimate of drug-likeness (QED) is 0.426. The predicted octanol–water partition coefficient (Wildman–Crippen LogP) is 4.85. The Labute approximate surface area is 185 Å². The molecule has 33 heavy (non-hydrogen) atoms. The fourth-order valence-corrected chi connectivity index (χ4v) is 3.48. The van der Waals surface area contributed by atoms with Crippen LogP contribution in [0.5, 0.6) is 0 Å². The van der Waals surface area contributed by atoms with Crippen molar-refractivity contribution in [3.05, 3.63) is 96.4 Å². The second kappa shape index (κ2) is 7.90. The van der Waals surface area contributed by atoms with Crippen LogP contribution in [0.2, 0.25) is 0 Å². The molecule has 0 unspecified atom stereocenters. The number of halogens is 3. The van der Waals surface area contributed by atoms with Crippen molar-refractivity contribution in [1.82, 2.24) is 24.4 Å². The van der Waals surface area contributed by atoms with Crippen LogP contribution < -0.4 is 5.32 Å². The SMILES string of the molecule is O=C(Nc1c(-c2ccccc2)nc2ccccn12)c1cn(-c2ccccc2C(F)(F)F)nn1. The van der Waals surface area contributed by atoms with Crippen molar-refractivity contribution in [3.63, 3.8) is 0 Å². The van der Waals surface area contributed by atoms with Gasteiger partial charge < -0.3 is 5.32 Å². The Kier molecular flexibility index (Phi) is 4.89. The molecule has 5 aromatic rings. The van der Waals surface area contributed by atoms with Crippen molar-refractivity contribution in [1.29, 1.82) is 0 Å². The van der Waals surface area contributed by atoms with E-state index in [0.717, 1.165) is 22.5 Å². The van der Waals surface area contributed by atoms with E-state index in [1.165, 1.54) is 18.2 Å². The molecule has 164 valence electrons. The Bertz CT molecular complexity index is 1460. The van der Waals surface area contributed by atoms with E-state index in [1.54, 1.807) is 22.7 Å². The van der Waals surface area contributed by atoms with E-state index in [-0.39, 0.29) is 11.4 Å². The van der Waals surface area contributed by atoms with Crippen LogP contribution >= 0.6 is 0 Å². The van der Waals surface area contributed by atoms with Crippen molar-refractivity contribution < 1.29 is 18.0 Å². The summed E-state index contributed by atoms with van der Waals surface area (Å²) in [5, 5.41) is 10.3. The van der Waals surface area contributed by atoms with Crippen LogP contribution in [0.3, 0.4) is 0 Å². The number of carbonyl (C=O) groups excluding carboxylic acids is 1. The Morgan fingerprint density at radius 3 is 2.42 bits per heavy atom. The zero-order valence-electron chi connectivity index (χ0n) is 16.9. The van der Waals surface area contributed by atoms with Crippen LogP contribution in [-0.4, -0.2) is 30.3 Å². The Morgan fingerprint density at radius 2 is 1.64 bits per heavy atom. The van der Waals surface area contributed by atoms with Crippen molar-refractivity contribution in [3.8, 4) is 16.9 Å². The number of nitrogens with one attached hydrogen (secondary N) is 1. The van der Waals surface area contributed by atoms with Gasteiger partial charge in [0.25, 0.3) is 5.91 Å². The van der Waals surface area contributed by atoms with Gasteiger partial charge in [0.1, 0.15) is 17.2 Å². The first-order valence-electron chi connectivity index (χ1n) is 9.84. The molecule has 0 bridgehead atoms. The molecule has 5 rings (SSSR count). The van der Waals surface area contributed by atoms with Crippen LogP contribution in [0.4, 0.5) is 19.0 Å². The number of fused-ring (bicyclic) bond motifs is 1. The lowest BCUT2D eigenvalue weighted by Gasteiger charge is -2.11. The van der Waals surface area contributed by atoms with Crippen molar-refractivity contribution in [2.45, 2.75) is 6.18 Å². The summed E-state index contributed by atoms with van der Waals surface area (Å²) in [6.07, 6.45) is -1.67. The van der Waals surface area contributed by atoms with E-state index >= 15 is 0 Å². The van der Waals surface area contributed by atoms with Crippen LogP contribution in [0.1, 0.15) is 16.1 Å². The summed E-state index contributed by atoms with van der Waals surface area (Å²) in [7, 11) is 0. The van der Waals surface area contributed by atoms with Gasteiger partial charge in [0, 0.05) is 11.8 Å². The molecule has 2 aromatic carbocycles. The first-order chi connectivity index (χ1) is 15.9. The maximum atomic E-state index is 13.4. The molecule has 10 heteroatoms. The summed E-state index contributed by atoms with van der Waals surface area (Å²) in [5.41, 5.74) is 0.710. The number of hydrogen-bond acceptors (Lipinski definition) is 4. The number of pyridine rings is 1. The number of anilines is 1. The molecule has 0 aliphatic carbocycles. The van der Waals surface area contributed by atoms with Gasteiger partial charge in [-0.1, -0.05) is 53.7 Å². The van der Waals surface area contributed by atoms with E-state index in [0.29, 0.717) is 17.2 Å². The van der Waals surface area contributed by atoms with Gasteiger partial charge >= 0.3 is 6.18 Å². The normalized spacial score (nSPS) is 11.6. The van der Waals surface area contributed by atoms with Gasteiger partial charge in [-0.3, -0.25) is 9.20 Å². The topological polar surface area (TPSA) is 77.1 Å². The maximum absolute atomic E-state index is 13.4. The van der Waals surface area contributed by atoms with E-state index in [4.69, 9.17) is 0 Å². The molecule has 0 saturated carbocycles. The van der Waals surface area contributed by atoms with Crippen LogP contribution in [0.15, 0.2) is 85.2 Å². The Balaban J connectivity index is 1.51. The van der Waals surface area contributed by atoms with Crippen molar-refractivity contribution in [2.24, 2.45) is 0 Å². The number of hydrogen-bond donors (Lipinski definition) is 1. The number of nitrogens with zero attached hydrogens (tertiary/aromatic N) is 5. The van der Waals surface area contributed by atoms with Crippen LogP contribution in [0, 0.1) is 0 Å². The molecule has 0 radical (unpaired) electrons. The molecule has 0 atom stereocenters. The molecule has 0 fully saturated rings. The second-order valence-electron chi connectivity index (χ2n) is 7.12. The number of rotatable bonds is 4. The molecule has 1 N–H and O–H groups in total. The lowest BCUT2D eigenvalue weighted by molar-refractivity contribution is -0.137. The van der Waals surface area contributed by atoms with Gasteiger partial charge in [-0.25, -0.2) is 9.67 Å². The highest BCUT2D eigenvalue weighted by molar-refractivity contribution is 6.04. The van der Waals surface area contributed by atoms with Gasteiger partial charge in [0.15, 0.2) is 5.69 Å². The second-order valence-corrected chi connectivity index (χ2v) is 7.12. The number of alkyl halides is 3. The largest absolute Gasteiger partial charge is 0.418 e. The minimum absolute atomic E-state index is 0.142. The van der Waals surface area contributed by atoms with E-state index in [9.17, 15) is 18.0 Å². The number of aromatic nitrogens is 5. The summed E-state index contributed by atoms with van der Waals surface area (Å²) in [6.45, 7) is 0. The summed E-state index contributed by atoms with van der Waals surface area (Å²) >= 11 is 0. The van der Waals surface area contributed by atoms with Crippen molar-refractivity contribution in [2.75, 3.05) is 5.32 Å². The smallest absolute Gasteiger partial charge is 0.304 e. The standard InChI is InChI=1S/C23H15F3N6O/c24-23(25,26)16-10-4-5-11-18(16)32-14-17(29-30-32)22(33)28-21-20(15-8-2-1-3-9-15)27-19-12-6-7-13-31(19)21/h1-14H,(H,28,33). The third-order valence-corrected chi connectivity index (χ3v) is 4.99. The van der Waals surface area contributed by atoms with Gasteiger partial charge in [0.2, 0.25) is 0 Å². The lowest BCUT2D eigenvalue weighted by Crippen LogP contribution is -2.14. The highest BCUT2D eigenvalue weighted by Gasteiger charge is 2.34. The Morgan fingerprint density at radius 1 is 0.909 bits per heavy atom. The van der Waals surface area contributed by atoms with E-state index < -0.39 is 17.6 Å². The van der Waals surface area contributed by atoms with Gasteiger partial charge in [-0.05, 0) is 24.3 Å². The summed E-state index contributed by atoms with van der Waals surface area (Å²) in [6, 6.07) is 19.7. The molecule has 0 aliphatic rings. The zero-order valence-corrected chi connectivity index (χ0v) is 16.9. The molecule has 0 spiro atoms. The monoisotopic (exact) mass is 448 g/mol. The number of imidazole rings is 1. The highest BCUT2D eigenvalue weighted by atomic mass is 19.4. The average Bonchev–Trinajstić information content (AvgIpc) is 3.45. The number of carbonyl (C=O) groups is 1. The molecular formula is C23H15F3N6O. The summed E-state index contributed by atoms with van der Waals surface area (Å²) in [4.78, 5) is 17.6. The first-order valence-corrected chi connectivity index (χ1v) is 9.84. The molecule has 0 saturated heterocycles. The van der Waals surface area contributed by atoms with Crippen molar-refractivity contribution >= 4 is 17.4 Å². The molecule has 3 heterocycles. The van der Waals surface area contributed by atoms with E-state index in [2.05, 4.69) is 20.6 Å². The maximum Gasteiger partial charge on any atom is 0.418 e. The summed E-state index contributed by atoms with van der Waals surface area (Å²) < 4.78 is 42.7. The number of amides is 1. The van der Waals surface area contributed by atoms with Gasteiger partial charge in [0.05, 0.1) is 17.4 Å². The zero-order chi connectivity index (χ0) is 23.0. The highest BCUT2D eigenvalue weighted by Crippen LogP contribution is 2.33. The van der Waals surface area contributed by atoms with Gasteiger partial charge in [-0.15, -0.1) is 5.10 Å². The first kappa shape index (κ1) is 20.4. The van der Waals surface area contributed by atoms with E-state index in [1.807, 2.05) is 36.4 Å². The van der Waals surface area contributed by atoms with Crippen LogP contribution in [0.25, 0.3) is 22.6 Å². The molecular weight excluding hydrogens is 433 g/mol. The lowest BCUT2D eigenvalue weighted by atomic mass is 10.1. The fraction of sp³-hybridized carbons (Fsp3) is 0.0435. The third-order valence-electron chi connectivity index (χ3n) is 4.99. The predicted molar refractivity (Wildman–Crippen MR) is 115 cm³/mol. The third kappa shape index (κ3) is 3.82. The fourth-order valence-electron chi connectivity index (χ4n) is 3.48. The average molecular weight is 448 g/mol.